The summed E-state index contributed by atoms with van der Waals surface area (Å²) in [5.74, 6) is 0.0217. The number of nitrogen functional groups attached to an aromatic ring is 1. The van der Waals surface area contributed by atoms with Crippen molar-refractivity contribution in [3.05, 3.63) is 22.8 Å². The lowest BCUT2D eigenvalue weighted by Crippen LogP contribution is -2.28. The van der Waals surface area contributed by atoms with Gasteiger partial charge in [0.15, 0.2) is 5.82 Å². The second-order valence-corrected chi connectivity index (χ2v) is 7.02. The topological polar surface area (TPSA) is 103 Å². The van der Waals surface area contributed by atoms with E-state index in [0.29, 0.717) is 6.54 Å². The molecule has 0 aliphatic heterocycles. The molecule has 1 atom stereocenters. The smallest absolute Gasteiger partial charge is 0.245 e. The highest BCUT2D eigenvalue weighted by molar-refractivity contribution is 7.89. The van der Waals surface area contributed by atoms with Crippen molar-refractivity contribution in [3.63, 3.8) is 0 Å². The molecule has 2 aromatic rings. The second kappa shape index (κ2) is 5.90. The molecule has 2 rings (SSSR count). The van der Waals surface area contributed by atoms with Crippen molar-refractivity contribution in [2.24, 2.45) is 0 Å². The van der Waals surface area contributed by atoms with Gasteiger partial charge in [0.05, 0.1) is 5.01 Å². The Morgan fingerprint density at radius 2 is 2.30 bits per heavy atom. The molecule has 7 nitrogen and oxygen atoms in total. The van der Waals surface area contributed by atoms with Crippen molar-refractivity contribution >= 4 is 27.2 Å². The van der Waals surface area contributed by atoms with Crippen molar-refractivity contribution < 1.29 is 8.42 Å². The van der Waals surface area contributed by atoms with Gasteiger partial charge in [-0.05, 0) is 6.92 Å². The number of thiazole rings is 1. The number of rotatable bonds is 6. The van der Waals surface area contributed by atoms with Gasteiger partial charge in [-0.15, -0.1) is 11.3 Å². The number of nitrogens with one attached hydrogen (secondary N) is 1. The molecule has 2 heterocycles. The number of aromatic nitrogens is 3. The lowest BCUT2D eigenvalue weighted by molar-refractivity contribution is 0.574. The molecule has 1 unspecified atom stereocenters. The number of nitrogens with two attached hydrogens (primary N) is 1. The van der Waals surface area contributed by atoms with Crippen LogP contribution in [0, 0.1) is 0 Å². The number of anilines is 1. The minimum Gasteiger partial charge on any atom is -0.381 e. The van der Waals surface area contributed by atoms with Crippen LogP contribution in [0.4, 0.5) is 5.82 Å². The van der Waals surface area contributed by atoms with Crippen LogP contribution in [0.25, 0.3) is 0 Å². The molecule has 0 saturated heterocycles. The van der Waals surface area contributed by atoms with E-state index < -0.39 is 10.0 Å². The molecule has 0 amide bonds. The monoisotopic (exact) mass is 315 g/mol. The summed E-state index contributed by atoms with van der Waals surface area (Å²) in [5.41, 5.74) is 5.64. The minimum atomic E-state index is -3.65. The van der Waals surface area contributed by atoms with Crippen molar-refractivity contribution in [2.45, 2.75) is 31.2 Å². The first kappa shape index (κ1) is 14.9. The molecule has 9 heteroatoms. The molecule has 0 aromatic carbocycles. The number of hydrogen-bond donors (Lipinski definition) is 2. The van der Waals surface area contributed by atoms with Crippen molar-refractivity contribution in [2.75, 3.05) is 12.3 Å². The third-order valence-electron chi connectivity index (χ3n) is 2.82. The number of sulfonamides is 1. The highest BCUT2D eigenvalue weighted by Gasteiger charge is 2.22. The van der Waals surface area contributed by atoms with Gasteiger partial charge in [0.1, 0.15) is 4.90 Å². The fourth-order valence-electron chi connectivity index (χ4n) is 1.66. The van der Waals surface area contributed by atoms with Gasteiger partial charge in [-0.1, -0.05) is 6.92 Å². The molecule has 0 fully saturated rings. The summed E-state index contributed by atoms with van der Waals surface area (Å²) in [5, 5.41) is 6.70. The zero-order valence-electron chi connectivity index (χ0n) is 11.3. The molecule has 2 aromatic heterocycles. The molecule has 3 N–H and O–H groups in total. The SMILES string of the molecule is CCn1cc(S(=O)(=O)NCC(C)c2nccs2)c(N)n1. The lowest BCUT2D eigenvalue weighted by Gasteiger charge is -2.10. The maximum absolute atomic E-state index is 12.2. The number of nitrogens with zero attached hydrogens (tertiary/aromatic N) is 3. The van der Waals surface area contributed by atoms with Crippen LogP contribution in [0.2, 0.25) is 0 Å². The Hall–Kier alpha value is -1.45. The summed E-state index contributed by atoms with van der Waals surface area (Å²) < 4.78 is 28.4. The first-order chi connectivity index (χ1) is 9.44. The van der Waals surface area contributed by atoms with E-state index in [2.05, 4.69) is 14.8 Å². The summed E-state index contributed by atoms with van der Waals surface area (Å²) in [4.78, 5) is 4.19. The van der Waals surface area contributed by atoms with Crippen molar-refractivity contribution in [3.8, 4) is 0 Å². The van der Waals surface area contributed by atoms with E-state index in [1.807, 2.05) is 19.2 Å². The largest absolute Gasteiger partial charge is 0.381 e. The first-order valence-electron chi connectivity index (χ1n) is 6.16. The van der Waals surface area contributed by atoms with E-state index in [-0.39, 0.29) is 23.2 Å². The highest BCUT2D eigenvalue weighted by atomic mass is 32.2. The molecule has 110 valence electrons. The molecule has 0 saturated carbocycles. The Bertz CT molecular complexity index is 663. The van der Waals surface area contributed by atoms with Crippen molar-refractivity contribution in [1.29, 1.82) is 0 Å². The Morgan fingerprint density at radius 3 is 2.85 bits per heavy atom. The summed E-state index contributed by atoms with van der Waals surface area (Å²) in [7, 11) is -3.65. The van der Waals surface area contributed by atoms with E-state index in [1.54, 1.807) is 6.20 Å². The maximum Gasteiger partial charge on any atom is 0.245 e. The Balaban J connectivity index is 2.09. The van der Waals surface area contributed by atoms with Crippen LogP contribution < -0.4 is 10.5 Å². The summed E-state index contributed by atoms with van der Waals surface area (Å²) in [6, 6.07) is 0. The van der Waals surface area contributed by atoms with E-state index in [0.717, 1.165) is 5.01 Å². The highest BCUT2D eigenvalue weighted by Crippen LogP contribution is 2.19. The van der Waals surface area contributed by atoms with E-state index in [9.17, 15) is 8.42 Å². The van der Waals surface area contributed by atoms with E-state index in [4.69, 9.17) is 5.73 Å². The molecule has 0 spiro atoms. The van der Waals surface area contributed by atoms with Gasteiger partial charge in [0.2, 0.25) is 10.0 Å². The molecule has 20 heavy (non-hydrogen) atoms. The van der Waals surface area contributed by atoms with Gasteiger partial charge in [-0.2, -0.15) is 5.10 Å². The van der Waals surface area contributed by atoms with Crippen LogP contribution in [0.3, 0.4) is 0 Å². The van der Waals surface area contributed by atoms with Crippen LogP contribution >= 0.6 is 11.3 Å². The first-order valence-corrected chi connectivity index (χ1v) is 8.52. The van der Waals surface area contributed by atoms with Crippen LogP contribution in [0.5, 0.6) is 0 Å². The standard InChI is InChI=1S/C11H17N5O2S2/c1-3-16-7-9(10(12)15-16)20(17,18)14-6-8(2)11-13-4-5-19-11/h4-5,7-8,14H,3,6H2,1-2H3,(H2,12,15). The number of aryl methyl sites for hydroxylation is 1. The molecule has 0 aliphatic carbocycles. The second-order valence-electron chi connectivity index (χ2n) is 4.36. The van der Waals surface area contributed by atoms with Gasteiger partial charge in [-0.25, -0.2) is 18.1 Å². The van der Waals surface area contributed by atoms with Crippen LogP contribution in [0.15, 0.2) is 22.7 Å². The Kier molecular flexibility index (Phi) is 4.41. The average molecular weight is 315 g/mol. The molecular weight excluding hydrogens is 298 g/mol. The van der Waals surface area contributed by atoms with Gasteiger partial charge in [-0.3, -0.25) is 4.68 Å². The Morgan fingerprint density at radius 1 is 1.55 bits per heavy atom. The number of hydrogen-bond acceptors (Lipinski definition) is 6. The molecule has 0 aliphatic rings. The van der Waals surface area contributed by atoms with Crippen LogP contribution in [0.1, 0.15) is 24.8 Å². The van der Waals surface area contributed by atoms with E-state index in [1.165, 1.54) is 22.2 Å². The quantitative estimate of drug-likeness (QED) is 0.828. The zero-order chi connectivity index (χ0) is 14.8. The zero-order valence-corrected chi connectivity index (χ0v) is 12.9. The molecular formula is C11H17N5O2S2. The minimum absolute atomic E-state index is 0.00668. The normalized spacial score (nSPS) is 13.5. The van der Waals surface area contributed by atoms with Gasteiger partial charge < -0.3 is 5.73 Å². The third kappa shape index (κ3) is 3.17. The Labute approximate surface area is 121 Å². The summed E-state index contributed by atoms with van der Waals surface area (Å²) >= 11 is 1.50. The summed E-state index contributed by atoms with van der Waals surface area (Å²) in [6.07, 6.45) is 3.14. The predicted molar refractivity (Wildman–Crippen MR) is 78.0 cm³/mol. The van der Waals surface area contributed by atoms with Crippen molar-refractivity contribution in [1.82, 2.24) is 19.5 Å². The van der Waals surface area contributed by atoms with E-state index >= 15 is 0 Å². The molecule has 0 bridgehead atoms. The van der Waals surface area contributed by atoms with Gasteiger partial charge >= 0.3 is 0 Å². The average Bonchev–Trinajstić information content (AvgIpc) is 3.05. The molecule has 0 radical (unpaired) electrons. The fraction of sp³-hybridized carbons (Fsp3) is 0.455. The van der Waals surface area contributed by atoms with Gasteiger partial charge in [0.25, 0.3) is 0 Å². The maximum atomic E-state index is 12.2. The fourth-order valence-corrected chi connectivity index (χ4v) is 3.56. The predicted octanol–water partition coefficient (Wildman–Crippen LogP) is 1.02. The third-order valence-corrected chi connectivity index (χ3v) is 5.27. The lowest BCUT2D eigenvalue weighted by atomic mass is 10.2. The van der Waals surface area contributed by atoms with Gasteiger partial charge in [0, 0.05) is 36.8 Å². The van der Waals surface area contributed by atoms with Crippen LogP contribution in [-0.2, 0) is 16.6 Å². The summed E-state index contributed by atoms with van der Waals surface area (Å²) in [6.45, 7) is 4.61. The van der Waals surface area contributed by atoms with Crippen LogP contribution in [-0.4, -0.2) is 29.7 Å².